The molecule has 0 aromatic carbocycles. The molecule has 1 atom stereocenters. The molecule has 19 heavy (non-hydrogen) atoms. The Balaban J connectivity index is 2.97. The molecule has 0 heterocycles. The maximum atomic E-state index is 4.03. The molecule has 0 aromatic rings. The van der Waals surface area contributed by atoms with Crippen molar-refractivity contribution >= 4 is 6.72 Å². The zero-order chi connectivity index (χ0) is 14.2. The minimum atomic E-state index is 0.465. The molecule has 0 aliphatic rings. The molecule has 1 nitrogen and oxygen atoms in total. The Morgan fingerprint density at radius 3 is 1.42 bits per heavy atom. The predicted molar refractivity (Wildman–Crippen MR) is 89.3 cm³/mol. The second-order valence-electron chi connectivity index (χ2n) is 6.06. The van der Waals surface area contributed by atoms with Gasteiger partial charge in [-0.1, -0.05) is 90.4 Å². The fourth-order valence-electron chi connectivity index (χ4n) is 2.55. The van der Waals surface area contributed by atoms with Crippen molar-refractivity contribution in [2.45, 2.75) is 110 Å². The highest BCUT2D eigenvalue weighted by atomic mass is 14.7. The average molecular weight is 268 g/mol. The first-order chi connectivity index (χ1) is 9.31. The molecule has 0 rings (SSSR count). The van der Waals surface area contributed by atoms with Crippen molar-refractivity contribution in [1.82, 2.24) is 0 Å². The van der Waals surface area contributed by atoms with Crippen LogP contribution >= 0.6 is 0 Å². The van der Waals surface area contributed by atoms with Crippen molar-refractivity contribution in [2.75, 3.05) is 0 Å². The Morgan fingerprint density at radius 2 is 1.05 bits per heavy atom. The molecule has 114 valence electrons. The summed E-state index contributed by atoms with van der Waals surface area (Å²) in [6.07, 6.45) is 19.8. The molecular weight excluding hydrogens is 230 g/mol. The molecule has 1 heteroatoms. The average Bonchev–Trinajstić information content (AvgIpc) is 2.43. The first-order valence-corrected chi connectivity index (χ1v) is 8.77. The normalized spacial score (nSPS) is 12.5. The largest absolute Gasteiger partial charge is 0.298 e. The van der Waals surface area contributed by atoms with E-state index in [1.54, 1.807) is 0 Å². The molecule has 0 aliphatic heterocycles. The van der Waals surface area contributed by atoms with E-state index in [0.717, 1.165) is 0 Å². The number of aliphatic imine (C=N–C) groups is 1. The molecule has 0 amide bonds. The van der Waals surface area contributed by atoms with E-state index in [9.17, 15) is 0 Å². The van der Waals surface area contributed by atoms with E-state index >= 15 is 0 Å². The first-order valence-electron chi connectivity index (χ1n) is 8.77. The van der Waals surface area contributed by atoms with Gasteiger partial charge in [0.1, 0.15) is 0 Å². The molecule has 0 saturated carbocycles. The molecule has 0 bridgehead atoms. The topological polar surface area (TPSA) is 12.4 Å². The lowest BCUT2D eigenvalue weighted by Crippen LogP contribution is -1.95. The van der Waals surface area contributed by atoms with Crippen LogP contribution in [0.5, 0.6) is 0 Å². The fraction of sp³-hybridized carbons (Fsp3) is 0.944. The maximum absolute atomic E-state index is 4.03. The van der Waals surface area contributed by atoms with E-state index in [0.29, 0.717) is 6.04 Å². The Labute approximate surface area is 122 Å². The van der Waals surface area contributed by atoms with Gasteiger partial charge in [-0.05, 0) is 20.1 Å². The van der Waals surface area contributed by atoms with Gasteiger partial charge in [0.05, 0.1) is 0 Å². The van der Waals surface area contributed by atoms with Gasteiger partial charge in [-0.3, -0.25) is 4.99 Å². The quantitative estimate of drug-likeness (QED) is 0.235. The van der Waals surface area contributed by atoms with E-state index < -0.39 is 0 Å². The second kappa shape index (κ2) is 15.7. The summed E-state index contributed by atoms with van der Waals surface area (Å²) in [6.45, 7) is 8.04. The van der Waals surface area contributed by atoms with Gasteiger partial charge in [-0.15, -0.1) is 0 Å². The van der Waals surface area contributed by atoms with E-state index in [1.165, 1.54) is 89.9 Å². The van der Waals surface area contributed by atoms with E-state index in [1.807, 2.05) is 0 Å². The summed E-state index contributed by atoms with van der Waals surface area (Å²) < 4.78 is 0. The summed E-state index contributed by atoms with van der Waals surface area (Å²) in [7, 11) is 0. The van der Waals surface area contributed by atoms with Gasteiger partial charge >= 0.3 is 0 Å². The van der Waals surface area contributed by atoms with Crippen LogP contribution in [0.3, 0.4) is 0 Å². The summed E-state index contributed by atoms with van der Waals surface area (Å²) in [5, 5.41) is 0. The van der Waals surface area contributed by atoms with Gasteiger partial charge in [0, 0.05) is 6.04 Å². The van der Waals surface area contributed by atoms with Gasteiger partial charge in [0.25, 0.3) is 0 Å². The molecule has 0 aliphatic carbocycles. The lowest BCUT2D eigenvalue weighted by molar-refractivity contribution is 0.526. The number of rotatable bonds is 15. The fourth-order valence-corrected chi connectivity index (χ4v) is 2.55. The summed E-state index contributed by atoms with van der Waals surface area (Å²) >= 11 is 0. The third-order valence-electron chi connectivity index (χ3n) is 4.04. The van der Waals surface area contributed by atoms with Gasteiger partial charge in [0.2, 0.25) is 0 Å². The second-order valence-corrected chi connectivity index (χ2v) is 6.06. The number of hydrogen-bond donors (Lipinski definition) is 0. The van der Waals surface area contributed by atoms with Crippen molar-refractivity contribution in [3.05, 3.63) is 0 Å². The lowest BCUT2D eigenvalue weighted by atomic mass is 10.0. The van der Waals surface area contributed by atoms with E-state index in [-0.39, 0.29) is 0 Å². The smallest absolute Gasteiger partial charge is 0.0464 e. The predicted octanol–water partition coefficient (Wildman–Crippen LogP) is 6.56. The Morgan fingerprint density at radius 1 is 0.684 bits per heavy atom. The van der Waals surface area contributed by atoms with Gasteiger partial charge < -0.3 is 0 Å². The third-order valence-corrected chi connectivity index (χ3v) is 4.04. The SMILES string of the molecule is C=NC(C)CCCCCCCCCCCCCCC. The van der Waals surface area contributed by atoms with Crippen LogP contribution in [0.4, 0.5) is 0 Å². The highest BCUT2D eigenvalue weighted by Crippen LogP contribution is 2.13. The van der Waals surface area contributed by atoms with Crippen LogP contribution in [-0.4, -0.2) is 12.8 Å². The van der Waals surface area contributed by atoms with Crippen LogP contribution in [-0.2, 0) is 0 Å². The molecule has 0 radical (unpaired) electrons. The minimum Gasteiger partial charge on any atom is -0.298 e. The molecule has 0 fully saturated rings. The van der Waals surface area contributed by atoms with Gasteiger partial charge in [-0.25, -0.2) is 0 Å². The monoisotopic (exact) mass is 267 g/mol. The molecule has 1 unspecified atom stereocenters. The number of unbranched alkanes of at least 4 members (excludes halogenated alkanes) is 12. The molecular formula is C18H37N. The zero-order valence-electron chi connectivity index (χ0n) is 13.6. The van der Waals surface area contributed by atoms with Crippen LogP contribution < -0.4 is 0 Å². The van der Waals surface area contributed by atoms with Crippen LogP contribution in [0.2, 0.25) is 0 Å². The van der Waals surface area contributed by atoms with Crippen molar-refractivity contribution in [2.24, 2.45) is 4.99 Å². The Kier molecular flexibility index (Phi) is 15.5. The lowest BCUT2D eigenvalue weighted by Gasteiger charge is -2.05. The Bertz CT molecular complexity index is 177. The van der Waals surface area contributed by atoms with Gasteiger partial charge in [-0.2, -0.15) is 0 Å². The van der Waals surface area contributed by atoms with Crippen molar-refractivity contribution in [1.29, 1.82) is 0 Å². The molecule has 0 saturated heterocycles. The van der Waals surface area contributed by atoms with E-state index in [2.05, 4.69) is 25.6 Å². The molecule has 0 spiro atoms. The van der Waals surface area contributed by atoms with Crippen molar-refractivity contribution in [3.8, 4) is 0 Å². The first kappa shape index (κ1) is 18.7. The molecule has 0 N–H and O–H groups in total. The van der Waals surface area contributed by atoms with Crippen LogP contribution in [0.1, 0.15) is 104 Å². The highest BCUT2D eigenvalue weighted by Gasteiger charge is 1.97. The summed E-state index contributed by atoms with van der Waals surface area (Å²) in [5.41, 5.74) is 0. The molecule has 0 aromatic heterocycles. The zero-order valence-corrected chi connectivity index (χ0v) is 13.6. The maximum Gasteiger partial charge on any atom is 0.0464 e. The van der Waals surface area contributed by atoms with Gasteiger partial charge in [0.15, 0.2) is 0 Å². The summed E-state index contributed by atoms with van der Waals surface area (Å²) in [5.74, 6) is 0. The number of hydrogen-bond acceptors (Lipinski definition) is 1. The number of nitrogens with zero attached hydrogens (tertiary/aromatic N) is 1. The van der Waals surface area contributed by atoms with Crippen molar-refractivity contribution in [3.63, 3.8) is 0 Å². The minimum absolute atomic E-state index is 0.465. The van der Waals surface area contributed by atoms with Crippen LogP contribution in [0, 0.1) is 0 Å². The van der Waals surface area contributed by atoms with Crippen LogP contribution in [0.25, 0.3) is 0 Å². The summed E-state index contributed by atoms with van der Waals surface area (Å²) in [4.78, 5) is 4.03. The third kappa shape index (κ3) is 15.6. The standard InChI is InChI=1S/C18H37N/c1-4-5-6-7-8-9-10-11-12-13-14-15-16-17-18(2)19-3/h18H,3-17H2,1-2H3. The highest BCUT2D eigenvalue weighted by molar-refractivity contribution is 5.23. The van der Waals surface area contributed by atoms with Crippen molar-refractivity contribution < 1.29 is 0 Å². The Hall–Kier alpha value is -0.330. The summed E-state index contributed by atoms with van der Waals surface area (Å²) in [6, 6.07) is 0.465. The van der Waals surface area contributed by atoms with Crippen LogP contribution in [0.15, 0.2) is 4.99 Å². The van der Waals surface area contributed by atoms with E-state index in [4.69, 9.17) is 0 Å².